The van der Waals surface area contributed by atoms with E-state index in [9.17, 15) is 14.0 Å². The Hall–Kier alpha value is -1.91. The molecule has 2 rings (SSSR count). The summed E-state index contributed by atoms with van der Waals surface area (Å²) >= 11 is 0. The van der Waals surface area contributed by atoms with Crippen molar-refractivity contribution in [3.8, 4) is 0 Å². The molecule has 114 valence electrons. The Bertz CT molecular complexity index is 598. The lowest BCUT2D eigenvalue weighted by Gasteiger charge is -2.44. The van der Waals surface area contributed by atoms with Crippen LogP contribution in [0.3, 0.4) is 0 Å². The summed E-state index contributed by atoms with van der Waals surface area (Å²) in [5, 5.41) is 2.71. The Morgan fingerprint density at radius 2 is 1.95 bits per heavy atom. The SMILES string of the molecule is Cc1ccc(C(C)N2C(=O)C(C)(C)NC(=O)C2C)cc1F. The zero-order valence-corrected chi connectivity index (χ0v) is 13.0. The molecule has 1 aliphatic rings. The lowest BCUT2D eigenvalue weighted by atomic mass is 9.93. The highest BCUT2D eigenvalue weighted by Crippen LogP contribution is 2.29. The Balaban J connectivity index is 2.39. The van der Waals surface area contributed by atoms with E-state index in [-0.39, 0.29) is 23.7 Å². The minimum atomic E-state index is -0.943. The molecule has 2 amide bonds. The summed E-state index contributed by atoms with van der Waals surface area (Å²) in [6, 6.07) is 3.96. The van der Waals surface area contributed by atoms with Crippen LogP contribution in [-0.2, 0) is 9.59 Å². The number of piperazine rings is 1. The van der Waals surface area contributed by atoms with E-state index in [0.717, 1.165) is 0 Å². The molecular formula is C16H21FN2O2. The molecule has 2 atom stereocenters. The van der Waals surface area contributed by atoms with Crippen molar-refractivity contribution in [1.29, 1.82) is 0 Å². The monoisotopic (exact) mass is 292 g/mol. The van der Waals surface area contributed by atoms with Crippen molar-refractivity contribution in [3.63, 3.8) is 0 Å². The average molecular weight is 292 g/mol. The summed E-state index contributed by atoms with van der Waals surface area (Å²) in [4.78, 5) is 26.2. The molecule has 1 N–H and O–H groups in total. The van der Waals surface area contributed by atoms with Gasteiger partial charge in [0.15, 0.2) is 0 Å². The highest BCUT2D eigenvalue weighted by atomic mass is 19.1. The number of benzene rings is 1. The van der Waals surface area contributed by atoms with Gasteiger partial charge in [0.25, 0.3) is 0 Å². The number of nitrogens with zero attached hydrogens (tertiary/aromatic N) is 1. The predicted octanol–water partition coefficient (Wildman–Crippen LogP) is 2.32. The van der Waals surface area contributed by atoms with E-state index in [1.165, 1.54) is 11.0 Å². The zero-order valence-electron chi connectivity index (χ0n) is 13.0. The Morgan fingerprint density at radius 1 is 1.33 bits per heavy atom. The molecule has 1 fully saturated rings. The quantitative estimate of drug-likeness (QED) is 0.909. The Kier molecular flexibility index (Phi) is 3.78. The van der Waals surface area contributed by atoms with E-state index >= 15 is 0 Å². The van der Waals surface area contributed by atoms with Crippen LogP contribution in [0.5, 0.6) is 0 Å². The maximum absolute atomic E-state index is 13.7. The fourth-order valence-electron chi connectivity index (χ4n) is 2.63. The molecule has 1 saturated heterocycles. The standard InChI is InChI=1S/C16H21FN2O2/c1-9-6-7-12(8-13(9)17)10(2)19-11(3)14(20)18-16(4,5)15(19)21/h6-8,10-11H,1-5H3,(H,18,20). The van der Waals surface area contributed by atoms with E-state index in [1.807, 2.05) is 6.92 Å². The number of hydrogen-bond donors (Lipinski definition) is 1. The molecule has 1 heterocycles. The first kappa shape index (κ1) is 15.5. The molecule has 2 unspecified atom stereocenters. The van der Waals surface area contributed by atoms with Gasteiger partial charge in [-0.3, -0.25) is 9.59 Å². The van der Waals surface area contributed by atoms with Crippen LogP contribution in [0.1, 0.15) is 44.9 Å². The van der Waals surface area contributed by atoms with E-state index in [0.29, 0.717) is 11.1 Å². The van der Waals surface area contributed by atoms with Crippen LogP contribution in [0.15, 0.2) is 18.2 Å². The third-order valence-corrected chi connectivity index (χ3v) is 4.10. The summed E-state index contributed by atoms with van der Waals surface area (Å²) in [7, 11) is 0. The van der Waals surface area contributed by atoms with Crippen LogP contribution in [0.25, 0.3) is 0 Å². The number of halogens is 1. The van der Waals surface area contributed by atoms with Crippen LogP contribution >= 0.6 is 0 Å². The van der Waals surface area contributed by atoms with E-state index in [4.69, 9.17) is 0 Å². The van der Waals surface area contributed by atoms with Gasteiger partial charge in [-0.2, -0.15) is 0 Å². The summed E-state index contributed by atoms with van der Waals surface area (Å²) in [5.74, 6) is -0.665. The molecule has 0 spiro atoms. The first-order valence-electron chi connectivity index (χ1n) is 7.06. The van der Waals surface area contributed by atoms with E-state index < -0.39 is 11.6 Å². The van der Waals surface area contributed by atoms with Crippen LogP contribution in [0, 0.1) is 12.7 Å². The molecule has 0 saturated carbocycles. The van der Waals surface area contributed by atoms with Gasteiger partial charge in [0.1, 0.15) is 17.4 Å². The van der Waals surface area contributed by atoms with Gasteiger partial charge in [0.05, 0.1) is 6.04 Å². The maximum Gasteiger partial charge on any atom is 0.248 e. The molecule has 0 aliphatic carbocycles. The normalized spacial score (nSPS) is 23.0. The van der Waals surface area contributed by atoms with E-state index in [1.54, 1.807) is 39.8 Å². The molecular weight excluding hydrogens is 271 g/mol. The topological polar surface area (TPSA) is 49.4 Å². The van der Waals surface area contributed by atoms with Crippen molar-refractivity contribution in [2.24, 2.45) is 0 Å². The largest absolute Gasteiger partial charge is 0.340 e. The number of carbonyl (C=O) groups excluding carboxylic acids is 2. The lowest BCUT2D eigenvalue weighted by Crippen LogP contribution is -2.67. The van der Waals surface area contributed by atoms with Crippen molar-refractivity contribution in [1.82, 2.24) is 10.2 Å². The molecule has 5 heteroatoms. The van der Waals surface area contributed by atoms with Crippen LogP contribution < -0.4 is 5.32 Å². The molecule has 1 aromatic carbocycles. The fourth-order valence-corrected chi connectivity index (χ4v) is 2.63. The summed E-state index contributed by atoms with van der Waals surface area (Å²) in [5.41, 5.74) is 0.298. The minimum absolute atomic E-state index is 0.164. The molecule has 21 heavy (non-hydrogen) atoms. The zero-order chi connectivity index (χ0) is 15.9. The van der Waals surface area contributed by atoms with Crippen molar-refractivity contribution in [2.45, 2.75) is 52.2 Å². The molecule has 0 aromatic heterocycles. The second kappa shape index (κ2) is 5.13. The van der Waals surface area contributed by atoms with Crippen LogP contribution in [-0.4, -0.2) is 28.3 Å². The number of nitrogens with one attached hydrogen (secondary N) is 1. The highest BCUT2D eigenvalue weighted by Gasteiger charge is 2.45. The summed E-state index contributed by atoms with van der Waals surface area (Å²) < 4.78 is 13.7. The third kappa shape index (κ3) is 2.64. The van der Waals surface area contributed by atoms with Gasteiger partial charge in [-0.15, -0.1) is 0 Å². The Morgan fingerprint density at radius 3 is 2.52 bits per heavy atom. The third-order valence-electron chi connectivity index (χ3n) is 4.10. The highest BCUT2D eigenvalue weighted by molar-refractivity contribution is 5.99. The molecule has 1 aliphatic heterocycles. The van der Waals surface area contributed by atoms with Crippen molar-refractivity contribution in [2.75, 3.05) is 0 Å². The fraction of sp³-hybridized carbons (Fsp3) is 0.500. The van der Waals surface area contributed by atoms with Gasteiger partial charge < -0.3 is 10.2 Å². The lowest BCUT2D eigenvalue weighted by molar-refractivity contribution is -0.155. The van der Waals surface area contributed by atoms with E-state index in [2.05, 4.69) is 5.32 Å². The molecule has 1 aromatic rings. The number of aryl methyl sites for hydroxylation is 1. The summed E-state index contributed by atoms with van der Waals surface area (Å²) in [6.45, 7) is 8.54. The number of carbonyl (C=O) groups is 2. The number of hydrogen-bond acceptors (Lipinski definition) is 2. The molecule has 0 bridgehead atoms. The second-order valence-electron chi connectivity index (χ2n) is 6.19. The van der Waals surface area contributed by atoms with Crippen molar-refractivity contribution >= 4 is 11.8 Å². The smallest absolute Gasteiger partial charge is 0.248 e. The predicted molar refractivity (Wildman–Crippen MR) is 78.1 cm³/mol. The second-order valence-corrected chi connectivity index (χ2v) is 6.19. The molecule has 0 radical (unpaired) electrons. The van der Waals surface area contributed by atoms with Gasteiger partial charge in [0.2, 0.25) is 11.8 Å². The first-order chi connectivity index (χ1) is 9.65. The van der Waals surface area contributed by atoms with Gasteiger partial charge in [-0.25, -0.2) is 4.39 Å². The Labute approximate surface area is 124 Å². The van der Waals surface area contributed by atoms with Crippen molar-refractivity contribution in [3.05, 3.63) is 35.1 Å². The van der Waals surface area contributed by atoms with Crippen molar-refractivity contribution < 1.29 is 14.0 Å². The average Bonchev–Trinajstić information content (AvgIpc) is 2.39. The van der Waals surface area contributed by atoms with Crippen LogP contribution in [0.2, 0.25) is 0 Å². The van der Waals surface area contributed by atoms with Gasteiger partial charge in [0, 0.05) is 0 Å². The number of rotatable bonds is 2. The van der Waals surface area contributed by atoms with Gasteiger partial charge >= 0.3 is 0 Å². The minimum Gasteiger partial charge on any atom is -0.340 e. The summed E-state index contributed by atoms with van der Waals surface area (Å²) in [6.07, 6.45) is 0. The first-order valence-corrected chi connectivity index (χ1v) is 7.06. The van der Waals surface area contributed by atoms with Crippen LogP contribution in [0.4, 0.5) is 4.39 Å². The maximum atomic E-state index is 13.7. The number of amides is 2. The van der Waals surface area contributed by atoms with Gasteiger partial charge in [-0.05, 0) is 51.8 Å². The molecule has 4 nitrogen and oxygen atoms in total. The van der Waals surface area contributed by atoms with Gasteiger partial charge in [-0.1, -0.05) is 12.1 Å².